The van der Waals surface area contributed by atoms with E-state index < -0.39 is 27.6 Å². The summed E-state index contributed by atoms with van der Waals surface area (Å²) in [5, 5.41) is 10.5. The molecule has 4 rings (SSSR count). The summed E-state index contributed by atoms with van der Waals surface area (Å²) >= 11 is 6.82. The molecule has 1 aliphatic heterocycles. The second kappa shape index (κ2) is 9.38. The molecule has 2 heterocycles. The summed E-state index contributed by atoms with van der Waals surface area (Å²) in [4.78, 5) is 12.5. The molecule has 33 heavy (non-hydrogen) atoms. The van der Waals surface area contributed by atoms with Crippen LogP contribution < -0.4 is 14.8 Å². The summed E-state index contributed by atoms with van der Waals surface area (Å²) in [6.07, 6.45) is 1.98. The van der Waals surface area contributed by atoms with Crippen molar-refractivity contribution in [2.45, 2.75) is 49.1 Å². The Hall–Kier alpha value is -2.53. The molecule has 0 bridgehead atoms. The zero-order chi connectivity index (χ0) is 23.6. The predicted octanol–water partition coefficient (Wildman–Crippen LogP) is 4.80. The number of fused-ring (bicyclic) bond motifs is 1. The molecule has 0 saturated heterocycles. The zero-order valence-electron chi connectivity index (χ0n) is 18.0. The molecule has 2 N–H and O–H groups in total. The normalized spacial score (nSPS) is 17.1. The first kappa shape index (κ1) is 23.6. The van der Waals surface area contributed by atoms with Crippen LogP contribution in [0.25, 0.3) is 0 Å². The molecule has 8 nitrogen and oxygen atoms in total. The molecule has 174 valence electrons. The number of carbonyl (C=O) groups excluding carboxylic acids is 1. The molecule has 3 aromatic rings. The van der Waals surface area contributed by atoms with Crippen LogP contribution in [0.1, 0.15) is 55.1 Å². The third-order valence-corrected chi connectivity index (χ3v) is 8.77. The van der Waals surface area contributed by atoms with E-state index in [-0.39, 0.29) is 20.1 Å². The van der Waals surface area contributed by atoms with Gasteiger partial charge in [-0.3, -0.25) is 10.1 Å². The number of ether oxygens (including phenoxy) is 1. The first-order valence-electron chi connectivity index (χ1n) is 10.5. The number of amides is 1. The molecule has 1 amide bonds. The van der Waals surface area contributed by atoms with E-state index in [9.17, 15) is 13.2 Å². The van der Waals surface area contributed by atoms with Crippen molar-refractivity contribution in [3.05, 3.63) is 64.7 Å². The van der Waals surface area contributed by atoms with Crippen molar-refractivity contribution in [3.63, 3.8) is 0 Å². The van der Waals surface area contributed by atoms with E-state index in [4.69, 9.17) is 16.3 Å². The van der Waals surface area contributed by atoms with Gasteiger partial charge in [0.05, 0.1) is 16.6 Å². The van der Waals surface area contributed by atoms with Gasteiger partial charge in [-0.15, -0.1) is 10.2 Å². The summed E-state index contributed by atoms with van der Waals surface area (Å²) < 4.78 is 35.1. The number of hydrogen-bond acceptors (Lipinski definition) is 7. The molecule has 2 aromatic carbocycles. The largest absolute Gasteiger partial charge is 0.487 e. The van der Waals surface area contributed by atoms with Gasteiger partial charge in [0.2, 0.25) is 9.47 Å². The molecule has 0 aliphatic carbocycles. The van der Waals surface area contributed by atoms with Crippen LogP contribution in [0.15, 0.2) is 52.9 Å². The minimum Gasteiger partial charge on any atom is -0.487 e. The summed E-state index contributed by atoms with van der Waals surface area (Å²) in [6.45, 7) is 4.06. The van der Waals surface area contributed by atoms with Crippen LogP contribution in [0.4, 0.5) is 5.13 Å². The summed E-state index contributed by atoms with van der Waals surface area (Å²) in [6, 6.07) is 13.5. The van der Waals surface area contributed by atoms with E-state index >= 15 is 0 Å². The number of nitrogens with zero attached hydrogens (tertiary/aromatic N) is 2. The molecule has 1 atom stereocenters. The molecule has 1 aliphatic rings. The highest BCUT2D eigenvalue weighted by atomic mass is 35.5. The second-order valence-electron chi connectivity index (χ2n) is 7.72. The van der Waals surface area contributed by atoms with Gasteiger partial charge in [-0.25, -0.2) is 13.1 Å². The molecule has 1 aromatic heterocycles. The Balaban J connectivity index is 1.55. The molecule has 0 unspecified atom stereocenters. The minimum atomic E-state index is -4.00. The monoisotopic (exact) mass is 506 g/mol. The number of nitrogens with one attached hydrogen (secondary N) is 2. The third-order valence-electron chi connectivity index (χ3n) is 5.76. The van der Waals surface area contributed by atoms with Gasteiger partial charge in [-0.2, -0.15) is 0 Å². The van der Waals surface area contributed by atoms with E-state index in [1.807, 2.05) is 38.1 Å². The van der Waals surface area contributed by atoms with Crippen LogP contribution in [0, 0.1) is 0 Å². The number of rotatable bonds is 7. The van der Waals surface area contributed by atoms with Gasteiger partial charge in [0.1, 0.15) is 11.4 Å². The number of anilines is 1. The minimum absolute atomic E-state index is 0.0594. The number of para-hydroxylation sites is 1. The number of halogens is 1. The lowest BCUT2D eigenvalue weighted by Crippen LogP contribution is -2.44. The van der Waals surface area contributed by atoms with Crippen molar-refractivity contribution in [1.29, 1.82) is 0 Å². The summed E-state index contributed by atoms with van der Waals surface area (Å²) in [5.41, 5.74) is 0.568. The quantitative estimate of drug-likeness (QED) is 0.445. The maximum atomic E-state index is 13.1. The fourth-order valence-electron chi connectivity index (χ4n) is 3.82. The Bertz CT molecular complexity index is 1270. The SMILES string of the molecule is CCC1(CC)C[C@H](NS(=O)(=O)c2nnc(NC(=O)c3ccccc3Cl)s2)c2ccccc2O1. The van der Waals surface area contributed by atoms with Gasteiger partial charge in [0, 0.05) is 12.0 Å². The van der Waals surface area contributed by atoms with Gasteiger partial charge in [0.25, 0.3) is 15.9 Å². The standard InChI is InChI=1S/C22H23ClN4O4S2/c1-3-22(4-2)13-17(15-10-6-8-12-18(15)31-22)27-33(29,30)21-26-25-20(32-21)24-19(28)14-9-5-7-11-16(14)23/h5-12,17,27H,3-4,13H2,1-2H3,(H,24,25,28)/t17-/m0/s1. The van der Waals surface area contributed by atoms with Crippen LogP contribution in [0.2, 0.25) is 5.02 Å². The van der Waals surface area contributed by atoms with Crippen molar-refractivity contribution in [2.75, 3.05) is 5.32 Å². The first-order valence-corrected chi connectivity index (χ1v) is 13.1. The molecule has 11 heteroatoms. The van der Waals surface area contributed by atoms with Gasteiger partial charge in [-0.05, 0) is 31.0 Å². The van der Waals surface area contributed by atoms with Crippen molar-refractivity contribution in [1.82, 2.24) is 14.9 Å². The van der Waals surface area contributed by atoms with Gasteiger partial charge in [0.15, 0.2) is 0 Å². The summed E-state index contributed by atoms with van der Waals surface area (Å²) in [5.74, 6) is 0.174. The molecular formula is C22H23ClN4O4S2. The van der Waals surface area contributed by atoms with E-state index in [0.29, 0.717) is 12.2 Å². The zero-order valence-corrected chi connectivity index (χ0v) is 20.4. The fourth-order valence-corrected chi connectivity index (χ4v) is 6.17. The van der Waals surface area contributed by atoms with Crippen LogP contribution in [-0.4, -0.2) is 30.1 Å². The number of carbonyl (C=O) groups is 1. The van der Waals surface area contributed by atoms with E-state index in [1.54, 1.807) is 24.3 Å². The first-order chi connectivity index (χ1) is 15.8. The van der Waals surface area contributed by atoms with Crippen molar-refractivity contribution >= 4 is 44.0 Å². The average Bonchev–Trinajstić information content (AvgIpc) is 3.28. The number of hydrogen-bond donors (Lipinski definition) is 2. The Kier molecular flexibility index (Phi) is 6.71. The molecule has 0 radical (unpaired) electrons. The van der Waals surface area contributed by atoms with Crippen molar-refractivity contribution in [2.24, 2.45) is 0 Å². The number of sulfonamides is 1. The van der Waals surface area contributed by atoms with Crippen molar-refractivity contribution in [3.8, 4) is 5.75 Å². The highest BCUT2D eigenvalue weighted by Crippen LogP contribution is 2.43. The molecule has 0 fully saturated rings. The molecular weight excluding hydrogens is 484 g/mol. The van der Waals surface area contributed by atoms with Gasteiger partial charge in [-0.1, -0.05) is 67.1 Å². The number of benzene rings is 2. The van der Waals surface area contributed by atoms with E-state index in [0.717, 1.165) is 29.7 Å². The van der Waals surface area contributed by atoms with Crippen LogP contribution in [0.5, 0.6) is 5.75 Å². The van der Waals surface area contributed by atoms with Crippen LogP contribution >= 0.6 is 22.9 Å². The van der Waals surface area contributed by atoms with Crippen molar-refractivity contribution < 1.29 is 17.9 Å². The van der Waals surface area contributed by atoms with Gasteiger partial charge >= 0.3 is 0 Å². The van der Waals surface area contributed by atoms with E-state index in [1.165, 1.54) is 0 Å². The Morgan fingerprint density at radius 2 is 1.85 bits per heavy atom. The highest BCUT2D eigenvalue weighted by molar-refractivity contribution is 7.91. The Labute approximate surface area is 201 Å². The Morgan fingerprint density at radius 1 is 1.15 bits per heavy atom. The average molecular weight is 507 g/mol. The lowest BCUT2D eigenvalue weighted by atomic mass is 9.84. The maximum Gasteiger partial charge on any atom is 0.270 e. The van der Waals surface area contributed by atoms with Crippen LogP contribution in [0.3, 0.4) is 0 Å². The third kappa shape index (κ3) is 4.89. The smallest absolute Gasteiger partial charge is 0.270 e. The lowest BCUT2D eigenvalue weighted by molar-refractivity contribution is 0.0260. The predicted molar refractivity (Wildman–Crippen MR) is 127 cm³/mol. The molecule has 0 spiro atoms. The second-order valence-corrected chi connectivity index (χ2v) is 11.0. The topological polar surface area (TPSA) is 110 Å². The summed E-state index contributed by atoms with van der Waals surface area (Å²) in [7, 11) is -4.00. The van der Waals surface area contributed by atoms with Crippen LogP contribution in [-0.2, 0) is 10.0 Å². The lowest BCUT2D eigenvalue weighted by Gasteiger charge is -2.41. The van der Waals surface area contributed by atoms with Gasteiger partial charge < -0.3 is 4.74 Å². The number of aromatic nitrogens is 2. The fraction of sp³-hybridized carbons (Fsp3) is 0.318. The van der Waals surface area contributed by atoms with E-state index in [2.05, 4.69) is 20.2 Å². The highest BCUT2D eigenvalue weighted by Gasteiger charge is 2.40. The molecule has 0 saturated carbocycles. The maximum absolute atomic E-state index is 13.1. The Morgan fingerprint density at radius 3 is 2.58 bits per heavy atom.